The Hall–Kier alpha value is -2.39. The van der Waals surface area contributed by atoms with Crippen molar-refractivity contribution in [3.8, 4) is 11.5 Å². The summed E-state index contributed by atoms with van der Waals surface area (Å²) in [4.78, 5) is 15.3. The van der Waals surface area contributed by atoms with Crippen LogP contribution in [0.1, 0.15) is 33.4 Å². The van der Waals surface area contributed by atoms with E-state index in [1.165, 1.54) is 0 Å². The standard InChI is InChI=1S/C16H20BN3O5/c1-9-12(19-14(21)22)13(23-20-9)11-7-6-10(8-18-11)17-24-15(2,3)16(4,5)25-17/h6-8,19H,1-5H3,(H,21,22). The largest absolute Gasteiger partial charge is 0.496 e. The van der Waals surface area contributed by atoms with Gasteiger partial charge in [0.15, 0.2) is 0 Å². The van der Waals surface area contributed by atoms with Crippen LogP contribution in [0.4, 0.5) is 10.5 Å². The molecule has 132 valence electrons. The van der Waals surface area contributed by atoms with E-state index in [2.05, 4.69) is 15.5 Å². The number of pyridine rings is 1. The fourth-order valence-corrected chi connectivity index (χ4v) is 2.46. The van der Waals surface area contributed by atoms with Crippen LogP contribution in [0, 0.1) is 6.92 Å². The number of rotatable bonds is 3. The minimum Gasteiger partial charge on any atom is -0.465 e. The molecule has 0 radical (unpaired) electrons. The number of amides is 1. The van der Waals surface area contributed by atoms with E-state index in [0.717, 1.165) is 5.46 Å². The average molecular weight is 345 g/mol. The molecule has 0 unspecified atom stereocenters. The van der Waals surface area contributed by atoms with Gasteiger partial charge in [-0.25, -0.2) is 4.79 Å². The molecule has 0 aliphatic carbocycles. The van der Waals surface area contributed by atoms with Gasteiger partial charge < -0.3 is 18.9 Å². The van der Waals surface area contributed by atoms with E-state index in [1.807, 2.05) is 33.8 Å². The average Bonchev–Trinajstić information content (AvgIpc) is 2.96. The third-order valence-corrected chi connectivity index (χ3v) is 4.64. The fraction of sp³-hybridized carbons (Fsp3) is 0.438. The molecular formula is C16H20BN3O5. The van der Waals surface area contributed by atoms with Gasteiger partial charge in [-0.2, -0.15) is 0 Å². The summed E-state index contributed by atoms with van der Waals surface area (Å²) in [6.07, 6.45) is 0.432. The molecule has 1 aliphatic rings. The van der Waals surface area contributed by atoms with Gasteiger partial charge in [-0.15, -0.1) is 0 Å². The van der Waals surface area contributed by atoms with Crippen molar-refractivity contribution in [2.24, 2.45) is 0 Å². The molecule has 0 bridgehead atoms. The number of carboxylic acid groups (broad SMARTS) is 1. The lowest BCUT2D eigenvalue weighted by atomic mass is 9.80. The molecule has 0 aromatic carbocycles. The van der Waals surface area contributed by atoms with Gasteiger partial charge in [-0.1, -0.05) is 11.2 Å². The predicted octanol–water partition coefficient (Wildman–Crippen LogP) is 2.43. The molecule has 2 aromatic rings. The van der Waals surface area contributed by atoms with Crippen LogP contribution in [-0.4, -0.2) is 39.7 Å². The van der Waals surface area contributed by atoms with Crippen LogP contribution in [0.25, 0.3) is 11.5 Å². The van der Waals surface area contributed by atoms with Crippen molar-refractivity contribution >= 4 is 24.4 Å². The summed E-state index contributed by atoms with van der Waals surface area (Å²) in [5.41, 5.74) is 1.09. The van der Waals surface area contributed by atoms with Crippen LogP contribution < -0.4 is 10.8 Å². The van der Waals surface area contributed by atoms with Crippen molar-refractivity contribution in [1.29, 1.82) is 0 Å². The molecule has 8 nitrogen and oxygen atoms in total. The van der Waals surface area contributed by atoms with Crippen molar-refractivity contribution in [2.75, 3.05) is 5.32 Å². The normalized spacial score (nSPS) is 18.4. The fourth-order valence-electron chi connectivity index (χ4n) is 2.46. The minimum atomic E-state index is -1.19. The maximum absolute atomic E-state index is 10.9. The highest BCUT2D eigenvalue weighted by atomic mass is 16.7. The number of nitrogens with one attached hydrogen (secondary N) is 1. The van der Waals surface area contributed by atoms with Crippen molar-refractivity contribution in [3.63, 3.8) is 0 Å². The zero-order valence-corrected chi connectivity index (χ0v) is 14.8. The van der Waals surface area contributed by atoms with E-state index in [9.17, 15) is 4.79 Å². The van der Waals surface area contributed by atoms with Crippen molar-refractivity contribution in [1.82, 2.24) is 10.1 Å². The lowest BCUT2D eigenvalue weighted by Crippen LogP contribution is -2.41. The van der Waals surface area contributed by atoms with Gasteiger partial charge >= 0.3 is 13.2 Å². The molecule has 1 amide bonds. The van der Waals surface area contributed by atoms with E-state index in [0.29, 0.717) is 11.4 Å². The first-order chi connectivity index (χ1) is 11.6. The molecule has 1 fully saturated rings. The Kier molecular flexibility index (Phi) is 4.08. The first-order valence-corrected chi connectivity index (χ1v) is 7.89. The molecule has 3 rings (SSSR count). The summed E-state index contributed by atoms with van der Waals surface area (Å²) in [6, 6.07) is 3.53. The molecule has 2 N–H and O–H groups in total. The lowest BCUT2D eigenvalue weighted by Gasteiger charge is -2.32. The zero-order chi connectivity index (χ0) is 18.4. The lowest BCUT2D eigenvalue weighted by molar-refractivity contribution is 0.00578. The molecule has 2 aromatic heterocycles. The number of hydrogen-bond acceptors (Lipinski definition) is 6. The van der Waals surface area contributed by atoms with Gasteiger partial charge in [0.05, 0.1) is 11.2 Å². The van der Waals surface area contributed by atoms with E-state index in [1.54, 1.807) is 19.2 Å². The summed E-state index contributed by atoms with van der Waals surface area (Å²) in [7, 11) is -0.514. The van der Waals surface area contributed by atoms with Crippen LogP contribution in [0.3, 0.4) is 0 Å². The topological polar surface area (TPSA) is 107 Å². The second-order valence-corrected chi connectivity index (χ2v) is 6.97. The maximum Gasteiger partial charge on any atom is 0.496 e. The number of aromatic nitrogens is 2. The summed E-state index contributed by atoms with van der Waals surface area (Å²) >= 11 is 0. The van der Waals surface area contributed by atoms with E-state index < -0.39 is 24.4 Å². The Bertz CT molecular complexity index is 785. The second-order valence-electron chi connectivity index (χ2n) is 6.97. The van der Waals surface area contributed by atoms with E-state index in [4.69, 9.17) is 18.9 Å². The Labute approximate surface area is 145 Å². The molecule has 0 atom stereocenters. The molecular weight excluding hydrogens is 325 g/mol. The number of aryl methyl sites for hydroxylation is 1. The maximum atomic E-state index is 10.9. The zero-order valence-electron chi connectivity index (χ0n) is 14.8. The third-order valence-electron chi connectivity index (χ3n) is 4.64. The SMILES string of the molecule is Cc1noc(-c2ccc(B3OC(C)(C)C(C)(C)O3)cn2)c1NC(=O)O. The van der Waals surface area contributed by atoms with Gasteiger partial charge in [0.25, 0.3) is 0 Å². The Morgan fingerprint density at radius 1 is 1.20 bits per heavy atom. The highest BCUT2D eigenvalue weighted by Gasteiger charge is 2.51. The first kappa shape index (κ1) is 17.4. The number of hydrogen-bond donors (Lipinski definition) is 2. The number of carbonyl (C=O) groups is 1. The molecule has 25 heavy (non-hydrogen) atoms. The molecule has 3 heterocycles. The van der Waals surface area contributed by atoms with Gasteiger partial charge in [-0.3, -0.25) is 10.3 Å². The number of nitrogens with zero attached hydrogens (tertiary/aromatic N) is 2. The molecule has 1 aliphatic heterocycles. The summed E-state index contributed by atoms with van der Waals surface area (Å²) < 4.78 is 17.2. The second kappa shape index (κ2) is 5.85. The van der Waals surface area contributed by atoms with Crippen LogP contribution in [0.5, 0.6) is 0 Å². The first-order valence-electron chi connectivity index (χ1n) is 7.89. The summed E-state index contributed by atoms with van der Waals surface area (Å²) in [5.74, 6) is 0.264. The number of anilines is 1. The van der Waals surface area contributed by atoms with Gasteiger partial charge in [0.1, 0.15) is 17.1 Å². The van der Waals surface area contributed by atoms with Crippen LogP contribution in [-0.2, 0) is 9.31 Å². The Balaban J connectivity index is 1.86. The Morgan fingerprint density at radius 2 is 1.84 bits per heavy atom. The molecule has 0 spiro atoms. The van der Waals surface area contributed by atoms with Crippen LogP contribution >= 0.6 is 0 Å². The monoisotopic (exact) mass is 345 g/mol. The smallest absolute Gasteiger partial charge is 0.465 e. The van der Waals surface area contributed by atoms with Crippen LogP contribution in [0.15, 0.2) is 22.9 Å². The highest BCUT2D eigenvalue weighted by molar-refractivity contribution is 6.62. The highest BCUT2D eigenvalue weighted by Crippen LogP contribution is 2.36. The molecule has 9 heteroatoms. The van der Waals surface area contributed by atoms with Gasteiger partial charge in [0.2, 0.25) is 5.76 Å². The van der Waals surface area contributed by atoms with Gasteiger partial charge in [0, 0.05) is 11.7 Å². The summed E-state index contributed by atoms with van der Waals surface area (Å²) in [6.45, 7) is 9.58. The molecule has 1 saturated heterocycles. The minimum absolute atomic E-state index is 0.264. The van der Waals surface area contributed by atoms with Crippen molar-refractivity contribution < 1.29 is 23.7 Å². The van der Waals surface area contributed by atoms with Crippen LogP contribution in [0.2, 0.25) is 0 Å². The predicted molar refractivity (Wildman–Crippen MR) is 91.8 cm³/mol. The third kappa shape index (κ3) is 3.12. The Morgan fingerprint density at radius 3 is 2.36 bits per heavy atom. The van der Waals surface area contributed by atoms with E-state index >= 15 is 0 Å². The van der Waals surface area contributed by atoms with Crippen molar-refractivity contribution in [3.05, 3.63) is 24.0 Å². The summed E-state index contributed by atoms with van der Waals surface area (Å²) in [5, 5.41) is 15.0. The molecule has 0 saturated carbocycles. The van der Waals surface area contributed by atoms with E-state index in [-0.39, 0.29) is 11.4 Å². The quantitative estimate of drug-likeness (QED) is 0.823. The van der Waals surface area contributed by atoms with Crippen molar-refractivity contribution in [2.45, 2.75) is 45.8 Å². The van der Waals surface area contributed by atoms with Gasteiger partial charge in [-0.05, 0) is 40.7 Å².